The van der Waals surface area contributed by atoms with Crippen molar-refractivity contribution >= 4 is 68.2 Å². The molecule has 13 unspecified atom stereocenters. The van der Waals surface area contributed by atoms with Crippen molar-refractivity contribution in [1.82, 2.24) is 21.3 Å². The lowest BCUT2D eigenvalue weighted by molar-refractivity contribution is -0.505. The van der Waals surface area contributed by atoms with Crippen LogP contribution in [0.5, 0.6) is 5.75 Å². The number of unbranched alkanes of at least 4 members (excludes halogenated alkanes) is 1. The van der Waals surface area contributed by atoms with E-state index in [0.717, 1.165) is 12.5 Å². The topological polar surface area (TPSA) is 626 Å². The first-order valence-corrected chi connectivity index (χ1v) is 35.8. The first-order chi connectivity index (χ1) is 45.8. The van der Waals surface area contributed by atoms with Gasteiger partial charge in [0.25, 0.3) is 0 Å². The Morgan fingerprint density at radius 2 is 1.32 bits per heavy atom. The van der Waals surface area contributed by atoms with Crippen molar-refractivity contribution < 1.29 is 167 Å². The first-order valence-electron chi connectivity index (χ1n) is 31.7. The second-order valence-electron chi connectivity index (χ2n) is 25.9. The largest absolute Gasteiger partial charge is 0.507 e. The summed E-state index contributed by atoms with van der Waals surface area (Å²) in [6, 6.07) is -0.214. The average molecular weight is 1560 g/mol. The van der Waals surface area contributed by atoms with Crippen LogP contribution in [-0.2, 0) is 77.0 Å². The Hall–Kier alpha value is -3.28. The van der Waals surface area contributed by atoms with Crippen molar-refractivity contribution in [2.24, 2.45) is 47.3 Å². The lowest BCUT2D eigenvalue weighted by Gasteiger charge is -2.62. The van der Waals surface area contributed by atoms with Crippen molar-refractivity contribution in [3.8, 4) is 5.75 Å². The third-order valence-corrected chi connectivity index (χ3v) is 21.1. The number of hydrogen-bond donors (Lipinski definition) is 23. The third kappa shape index (κ3) is 19.6. The van der Waals surface area contributed by atoms with E-state index in [2.05, 4.69) is 30.3 Å². The van der Waals surface area contributed by atoms with Crippen LogP contribution in [0.4, 0.5) is 0 Å². The van der Waals surface area contributed by atoms with E-state index in [-0.39, 0.29) is 50.2 Å². The molecule has 4 amide bonds. The average Bonchev–Trinajstić information content (AvgIpc) is 0.715. The van der Waals surface area contributed by atoms with Crippen molar-refractivity contribution in [2.75, 3.05) is 33.0 Å². The summed E-state index contributed by atoms with van der Waals surface area (Å²) in [4.78, 5) is 105. The minimum atomic E-state index is -5.19. The van der Waals surface area contributed by atoms with Crippen molar-refractivity contribution in [1.29, 1.82) is 0 Å². The van der Waals surface area contributed by atoms with E-state index in [1.165, 1.54) is 19.9 Å². The van der Waals surface area contributed by atoms with Crippen LogP contribution < -0.4 is 21.3 Å². The predicted octanol–water partition coefficient (Wildman–Crippen LogP) is -7.17. The molecule has 4 saturated carbocycles. The highest BCUT2D eigenvalue weighted by Gasteiger charge is 2.70. The van der Waals surface area contributed by atoms with Crippen LogP contribution in [-0.4, -0.2) is 287 Å². The molecule has 0 bridgehead atoms. The Balaban J connectivity index is 1.06. The molecule has 7 rings (SSSR count). The fraction of sp³-hybridized carbons (Fsp3) is 0.807. The molecule has 560 valence electrons. The molecular weight excluding hydrogens is 1470 g/mol. The minimum absolute atomic E-state index is 0.0591. The zero-order valence-corrected chi connectivity index (χ0v) is 57.1. The maximum absolute atomic E-state index is 14.6. The Bertz CT molecular complexity index is 2960. The maximum Gasteiger partial charge on any atom is 0.469 e. The summed E-state index contributed by atoms with van der Waals surface area (Å²) in [5.41, 5.74) is 0.777. The number of aldehydes is 1. The number of aliphatic hydroxyl groups is 14. The molecule has 29 atom stereocenters. The number of halogens is 1. The number of aryl methyl sites for hydroxylation is 1. The summed E-state index contributed by atoms with van der Waals surface area (Å²) in [7, 11) is -10.4. The van der Waals surface area contributed by atoms with Crippen LogP contribution in [0.25, 0.3) is 0 Å². The SMILES string of the molecule is CC(=O)N[C@H](C(=O)N[C@@H](CCCCNC(=O)CCc1ccc(O)c([123I])c1)C(=O)N[C@H](C=O)[C@@H](C)OC1OC2(OC(O)[C@H]3C[C@@H](O)[C@H](O)C(COP(=O)(O)O)C3O)C(CO)[C@@H](O)[C@H](O)C[C@H]12)[C@@H](C)OC(O)[C@H]1C[C@@H](O)[C@H](O)C(CO)C1OC1OC2(O)C1C[C@@H](O)[C@H](O)C2COP(=O)(O)O. The lowest BCUT2D eigenvalue weighted by Crippen LogP contribution is -2.75. The molecule has 6 aliphatic rings. The van der Waals surface area contributed by atoms with Crippen molar-refractivity contribution in [3.05, 3.63) is 27.3 Å². The Labute approximate surface area is 573 Å². The smallest absolute Gasteiger partial charge is 0.469 e. The second kappa shape index (κ2) is 34.5. The number of phosphoric acid groups is 2. The van der Waals surface area contributed by atoms with E-state index in [0.29, 0.717) is 9.99 Å². The number of aromatic hydroxyl groups is 1. The van der Waals surface area contributed by atoms with Crippen molar-refractivity contribution in [2.45, 2.75) is 207 Å². The highest BCUT2D eigenvalue weighted by molar-refractivity contribution is 14.1. The van der Waals surface area contributed by atoms with E-state index >= 15 is 0 Å². The van der Waals surface area contributed by atoms with Crippen LogP contribution in [0.1, 0.15) is 77.7 Å². The molecule has 0 spiro atoms. The van der Waals surface area contributed by atoms with Gasteiger partial charge in [0, 0.05) is 43.6 Å². The van der Waals surface area contributed by atoms with Crippen LogP contribution in [0, 0.1) is 50.9 Å². The maximum atomic E-state index is 14.6. The quantitative estimate of drug-likeness (QED) is 0.0100. The molecule has 4 aliphatic carbocycles. The van der Waals surface area contributed by atoms with Crippen LogP contribution in [0.3, 0.4) is 0 Å². The van der Waals surface area contributed by atoms with Gasteiger partial charge in [0.15, 0.2) is 36.7 Å². The van der Waals surface area contributed by atoms with E-state index in [1.807, 2.05) is 22.6 Å². The third-order valence-electron chi connectivity index (χ3n) is 19.3. The minimum Gasteiger partial charge on any atom is -0.507 e. The van der Waals surface area contributed by atoms with Gasteiger partial charge in [0.05, 0.1) is 127 Å². The number of fused-ring (bicyclic) bond motifs is 2. The summed E-state index contributed by atoms with van der Waals surface area (Å²) < 4.78 is 68.3. The summed E-state index contributed by atoms with van der Waals surface area (Å²) >= 11 is 1.94. The number of phosphoric ester groups is 2. The molecule has 2 heterocycles. The number of benzene rings is 1. The van der Waals surface area contributed by atoms with Gasteiger partial charge >= 0.3 is 15.6 Å². The van der Waals surface area contributed by atoms with Gasteiger partial charge in [-0.2, -0.15) is 0 Å². The van der Waals surface area contributed by atoms with Gasteiger partial charge in [0.1, 0.15) is 30.2 Å². The Kier molecular flexibility index (Phi) is 28.9. The van der Waals surface area contributed by atoms with Gasteiger partial charge in [-0.3, -0.25) is 28.2 Å². The number of carbonyl (C=O) groups is 5. The van der Waals surface area contributed by atoms with Gasteiger partial charge in [-0.15, -0.1) is 0 Å². The van der Waals surface area contributed by atoms with E-state index in [4.69, 9.17) is 28.4 Å². The molecule has 1 aromatic rings. The number of carbonyl (C=O) groups excluding carboxylic acids is 5. The fourth-order valence-corrected chi connectivity index (χ4v) is 15.0. The summed E-state index contributed by atoms with van der Waals surface area (Å²) in [6.45, 7) is -0.357. The van der Waals surface area contributed by atoms with Gasteiger partial charge in [-0.05, 0) is 106 Å². The van der Waals surface area contributed by atoms with Gasteiger partial charge < -0.3 is 151 Å². The number of nitrogens with one attached hydrogen (secondary N) is 4. The number of ether oxygens (including phenoxy) is 6. The van der Waals surface area contributed by atoms with Crippen LogP contribution in [0.2, 0.25) is 0 Å². The number of phenolic OH excluding ortho intramolecular Hbond substituents is 1. The molecule has 6 fully saturated rings. The summed E-state index contributed by atoms with van der Waals surface area (Å²) in [5, 5.41) is 174. The second-order valence-corrected chi connectivity index (χ2v) is 29.5. The summed E-state index contributed by atoms with van der Waals surface area (Å²) in [6.07, 6.45) is -29.2. The van der Waals surface area contributed by atoms with Gasteiger partial charge in [-0.1, -0.05) is 6.07 Å². The number of amides is 4. The van der Waals surface area contributed by atoms with E-state index in [9.17, 15) is 129 Å². The molecule has 2 aliphatic heterocycles. The molecule has 38 nitrogen and oxygen atoms in total. The Morgan fingerprint density at radius 1 is 0.714 bits per heavy atom. The monoisotopic (exact) mass is 1560 g/mol. The lowest BCUT2D eigenvalue weighted by atomic mass is 9.68. The van der Waals surface area contributed by atoms with Crippen LogP contribution in [0.15, 0.2) is 18.2 Å². The molecule has 23 N–H and O–H groups in total. The zero-order valence-electron chi connectivity index (χ0n) is 53.2. The standard InChI is InChI=1S/C57H91IN4O34P2/c1-22(92-55-31-16-41(71)47(76)32(18-64)57(31,96-55)94-53(81)26-13-38(68)46(75)29(44(26)73)20-89-97(83,84)85)36(19-65)62-50(78)35(6-4-5-11-59-42(72)10-8-25-7-9-37(67)34(58)12-25)61-51(79)43(60-24(3)66)23(2)91-52(80)27-14-39(69)45(74)28(17-63)49(27)93-54-30-15-40(70)48(77)33(56(30,82)95-54)21-90-98(86,87)88/h7,9,12,19,22-23,26-33,35-36,38-41,43-49,52-55,63-64,67-71,73-77,80-82H,4-6,8,10-11,13-18,20-21H2,1-3H3,(H,59,72)(H,60,66)(H,61,79)(H,62,78)(H2,83,84,85)(H2,86,87,88)/t22-,23-,26+,27+,28?,29?,30?,31-,32?,33?,35+,36-,38-,39-,40-,41-,43+,44?,45-,46-,47-,48-,49?,52?,53?,54?,55?,56?,57?/m1/s1/i58-4. The molecular formula is C57H91IN4O34P2. The highest BCUT2D eigenvalue weighted by Crippen LogP contribution is 2.56. The molecule has 2 saturated heterocycles. The summed E-state index contributed by atoms with van der Waals surface area (Å²) in [5.74, 6) is -20.0. The van der Waals surface area contributed by atoms with E-state index < -0.39 is 261 Å². The number of rotatable bonds is 34. The number of aliphatic hydroxyl groups excluding tert-OH is 13. The zero-order chi connectivity index (χ0) is 72.8. The highest BCUT2D eigenvalue weighted by atomic mass is 123. The molecule has 0 aromatic heterocycles. The number of phenols is 1. The van der Waals surface area contributed by atoms with E-state index in [1.54, 1.807) is 12.1 Å². The normalized spacial score (nSPS) is 37.0. The molecule has 0 radical (unpaired) electrons. The van der Waals surface area contributed by atoms with Crippen molar-refractivity contribution in [3.63, 3.8) is 0 Å². The van der Waals surface area contributed by atoms with Gasteiger partial charge in [-0.25, -0.2) is 9.13 Å². The molecule has 98 heavy (non-hydrogen) atoms. The first kappa shape index (κ1) is 82.0. The fourth-order valence-electron chi connectivity index (χ4n) is 13.7. The Morgan fingerprint density at radius 3 is 1.92 bits per heavy atom. The number of hydrogen-bond acceptors (Lipinski definition) is 30. The predicted molar refractivity (Wildman–Crippen MR) is 331 cm³/mol. The van der Waals surface area contributed by atoms with Crippen LogP contribution >= 0.6 is 38.2 Å². The molecule has 41 heteroatoms. The van der Waals surface area contributed by atoms with Gasteiger partial charge in [0.2, 0.25) is 23.6 Å². The molecule has 1 aromatic carbocycles.